The van der Waals surface area contributed by atoms with E-state index in [2.05, 4.69) is 23.0 Å². The van der Waals surface area contributed by atoms with Crippen molar-refractivity contribution in [2.45, 2.75) is 33.2 Å². The number of amides is 1. The molecule has 2 rings (SSSR count). The van der Waals surface area contributed by atoms with Crippen LogP contribution in [0.25, 0.3) is 0 Å². The van der Waals surface area contributed by atoms with Gasteiger partial charge in [0.25, 0.3) is 5.91 Å². The monoisotopic (exact) mass is 316 g/mol. The molecule has 0 spiro atoms. The van der Waals surface area contributed by atoms with E-state index >= 15 is 0 Å². The molecule has 8 heteroatoms. The quantitative estimate of drug-likeness (QED) is 0.796. The minimum atomic E-state index is -5.13. The fourth-order valence-corrected chi connectivity index (χ4v) is 2.69. The van der Waals surface area contributed by atoms with Gasteiger partial charge in [-0.2, -0.15) is 8.42 Å². The summed E-state index contributed by atoms with van der Waals surface area (Å²) in [5, 5.41) is 0. The molecule has 1 unspecified atom stereocenters. The Morgan fingerprint density at radius 1 is 1.48 bits per heavy atom. The van der Waals surface area contributed by atoms with Crippen molar-refractivity contribution >= 4 is 16.4 Å². The highest BCUT2D eigenvalue weighted by Crippen LogP contribution is 2.36. The van der Waals surface area contributed by atoms with Gasteiger partial charge < -0.3 is 9.08 Å². The zero-order chi connectivity index (χ0) is 15.8. The van der Waals surface area contributed by atoms with E-state index in [1.807, 2.05) is 6.92 Å². The van der Waals surface area contributed by atoms with Gasteiger partial charge in [0.05, 0.1) is 11.8 Å². The van der Waals surface area contributed by atoms with Gasteiger partial charge in [-0.3, -0.25) is 9.78 Å². The molecule has 0 aromatic carbocycles. The Hall–Kier alpha value is -1.70. The van der Waals surface area contributed by atoms with Crippen LogP contribution in [0.5, 0.6) is 5.75 Å². The third kappa shape index (κ3) is 3.49. The van der Waals surface area contributed by atoms with Gasteiger partial charge in [0, 0.05) is 18.8 Å². The molecule has 2 heterocycles. The van der Waals surface area contributed by atoms with Crippen molar-refractivity contribution in [2.24, 2.45) is 5.41 Å². The summed E-state index contributed by atoms with van der Waals surface area (Å²) in [5.74, 6) is -0.600. The zero-order valence-corrected chi connectivity index (χ0v) is 12.9. The number of hydrogen-bond acceptors (Lipinski definition) is 5. The molecule has 1 aliphatic heterocycles. The largest absolute Gasteiger partial charge is 0.488 e. The summed E-state index contributed by atoms with van der Waals surface area (Å²) in [4.78, 5) is 17.9. The first kappa shape index (κ1) is 15.7. The van der Waals surface area contributed by atoms with Gasteiger partial charge in [0.1, 0.15) is 0 Å². The molecule has 1 aromatic heterocycles. The van der Waals surface area contributed by atoms with Gasteiger partial charge in [-0.15, -0.1) is 0 Å². The lowest BCUT2D eigenvalue weighted by Crippen LogP contribution is -2.38. The molecule has 0 saturated carbocycles. The van der Waals surface area contributed by atoms with Crippen molar-refractivity contribution in [3.05, 3.63) is 24.0 Å². The summed E-state index contributed by atoms with van der Waals surface area (Å²) < 4.78 is 37.5. The Bertz CT molecular complexity index is 660. The van der Waals surface area contributed by atoms with Crippen LogP contribution in [0.1, 0.15) is 37.6 Å². The molecule has 1 saturated heterocycles. The number of pyridine rings is 1. The molecule has 116 valence electrons. The van der Waals surface area contributed by atoms with Gasteiger partial charge in [0.15, 0.2) is 5.75 Å². The Morgan fingerprint density at radius 2 is 2.14 bits per heavy atom. The number of likely N-dealkylation sites (tertiary alicyclic amines) is 1. The first-order valence-electron chi connectivity index (χ1n) is 6.50. The molecule has 1 fully saturated rings. The van der Waals surface area contributed by atoms with Crippen LogP contribution in [0.3, 0.4) is 0 Å². The van der Waals surface area contributed by atoms with Crippen molar-refractivity contribution in [3.8, 4) is 5.75 Å². The number of rotatable bonds is 3. The molecular formula is C13H17FN2O4S. The predicted molar refractivity (Wildman–Crippen MR) is 73.8 cm³/mol. The minimum absolute atomic E-state index is 0.0134. The topological polar surface area (TPSA) is 76.6 Å². The fraction of sp³-hybridized carbons (Fsp3) is 0.538. The second-order valence-electron chi connectivity index (χ2n) is 5.80. The van der Waals surface area contributed by atoms with Gasteiger partial charge in [-0.05, 0) is 24.8 Å². The van der Waals surface area contributed by atoms with Crippen LogP contribution < -0.4 is 4.18 Å². The van der Waals surface area contributed by atoms with Crippen LogP contribution >= 0.6 is 0 Å². The number of halogens is 1. The van der Waals surface area contributed by atoms with Gasteiger partial charge >= 0.3 is 10.5 Å². The number of carbonyl (C=O) groups excluding carboxylic acids is 1. The summed E-state index contributed by atoms with van der Waals surface area (Å²) >= 11 is 0. The lowest BCUT2D eigenvalue weighted by Gasteiger charge is -2.29. The number of hydrogen-bond donors (Lipinski definition) is 0. The van der Waals surface area contributed by atoms with Crippen molar-refractivity contribution in [2.75, 3.05) is 6.54 Å². The Balaban J connectivity index is 2.23. The SMILES string of the molecule is CC1N(C(=O)c2cncc(OS(=O)(=O)F)c2)CCC1(C)C. The van der Waals surface area contributed by atoms with Crippen molar-refractivity contribution in [3.63, 3.8) is 0 Å². The van der Waals surface area contributed by atoms with Crippen LogP contribution in [-0.2, 0) is 10.5 Å². The Labute approximate surface area is 123 Å². The van der Waals surface area contributed by atoms with E-state index in [1.165, 1.54) is 12.3 Å². The van der Waals surface area contributed by atoms with Crippen molar-refractivity contribution < 1.29 is 21.3 Å². The van der Waals surface area contributed by atoms with Crippen molar-refractivity contribution in [1.29, 1.82) is 0 Å². The smallest absolute Gasteiger partial charge is 0.357 e. The summed E-state index contributed by atoms with van der Waals surface area (Å²) in [5.41, 5.74) is 0.181. The third-order valence-electron chi connectivity index (χ3n) is 4.01. The molecule has 1 amide bonds. The fourth-order valence-electron chi connectivity index (χ4n) is 2.37. The lowest BCUT2D eigenvalue weighted by molar-refractivity contribution is 0.0705. The first-order valence-corrected chi connectivity index (χ1v) is 7.81. The number of nitrogens with zero attached hydrogens (tertiary/aromatic N) is 2. The van der Waals surface area contributed by atoms with E-state index in [-0.39, 0.29) is 28.7 Å². The lowest BCUT2D eigenvalue weighted by atomic mass is 9.86. The standard InChI is InChI=1S/C13H17FN2O4S/c1-9-13(2,3)4-5-16(9)12(17)10-6-11(8-15-7-10)20-21(14,18)19/h6-9H,4-5H2,1-3H3. The highest BCUT2D eigenvalue weighted by Gasteiger charge is 2.39. The average Bonchev–Trinajstić information content (AvgIpc) is 2.62. The molecular weight excluding hydrogens is 299 g/mol. The number of aromatic nitrogens is 1. The molecule has 0 N–H and O–H groups in total. The molecule has 21 heavy (non-hydrogen) atoms. The Kier molecular flexibility index (Phi) is 3.92. The molecule has 1 aromatic rings. The maximum atomic E-state index is 12.5. The van der Waals surface area contributed by atoms with E-state index in [4.69, 9.17) is 0 Å². The molecule has 0 bridgehead atoms. The van der Waals surface area contributed by atoms with Crippen LogP contribution in [0.15, 0.2) is 18.5 Å². The van der Waals surface area contributed by atoms with Gasteiger partial charge in [0.2, 0.25) is 0 Å². The van der Waals surface area contributed by atoms with Gasteiger partial charge in [-0.25, -0.2) is 0 Å². The maximum Gasteiger partial charge on any atom is 0.488 e. The highest BCUT2D eigenvalue weighted by molar-refractivity contribution is 7.81. The summed E-state index contributed by atoms with van der Waals surface area (Å²) in [6, 6.07) is 1.21. The van der Waals surface area contributed by atoms with Crippen LogP contribution in [0, 0.1) is 5.41 Å². The van der Waals surface area contributed by atoms with E-state index in [9.17, 15) is 17.1 Å². The normalized spacial score (nSPS) is 21.3. The second kappa shape index (κ2) is 5.25. The van der Waals surface area contributed by atoms with Crippen LogP contribution in [0.2, 0.25) is 0 Å². The number of carbonyl (C=O) groups is 1. The van der Waals surface area contributed by atoms with E-state index in [1.54, 1.807) is 4.90 Å². The molecule has 0 radical (unpaired) electrons. The third-order valence-corrected chi connectivity index (χ3v) is 4.40. The minimum Gasteiger partial charge on any atom is -0.357 e. The summed E-state index contributed by atoms with van der Waals surface area (Å²) in [6.45, 7) is 6.74. The average molecular weight is 316 g/mol. The zero-order valence-electron chi connectivity index (χ0n) is 12.0. The van der Waals surface area contributed by atoms with E-state index < -0.39 is 10.5 Å². The highest BCUT2D eigenvalue weighted by atomic mass is 32.3. The maximum absolute atomic E-state index is 12.5. The molecule has 1 aliphatic rings. The van der Waals surface area contributed by atoms with Gasteiger partial charge in [-0.1, -0.05) is 17.7 Å². The Morgan fingerprint density at radius 3 is 2.67 bits per heavy atom. The predicted octanol–water partition coefficient (Wildman–Crippen LogP) is 1.94. The summed E-state index contributed by atoms with van der Waals surface area (Å²) in [7, 11) is -5.13. The van der Waals surface area contributed by atoms with Crippen LogP contribution in [-0.4, -0.2) is 36.8 Å². The molecule has 0 aliphatic carbocycles. The first-order chi connectivity index (χ1) is 9.60. The second-order valence-corrected chi connectivity index (χ2v) is 6.75. The molecule has 1 atom stereocenters. The summed E-state index contributed by atoms with van der Waals surface area (Å²) in [6.07, 6.45) is 3.21. The van der Waals surface area contributed by atoms with Crippen molar-refractivity contribution in [1.82, 2.24) is 9.88 Å². The van der Waals surface area contributed by atoms with E-state index in [0.29, 0.717) is 6.54 Å². The molecule has 6 nitrogen and oxygen atoms in total. The van der Waals surface area contributed by atoms with Crippen LogP contribution in [0.4, 0.5) is 3.89 Å². The van der Waals surface area contributed by atoms with E-state index in [0.717, 1.165) is 12.6 Å².